The standard InChI is InChI=1S/C9H16N2O/c1-2-5-10-8-9(12)11-6-3-4-7-11/h2,10H,1,3-8H2. The largest absolute Gasteiger partial charge is 0.342 e. The second-order valence-electron chi connectivity index (χ2n) is 3.01. The van der Waals surface area contributed by atoms with Gasteiger partial charge in [0, 0.05) is 19.6 Å². The number of likely N-dealkylation sites (tertiary alicyclic amines) is 1. The summed E-state index contributed by atoms with van der Waals surface area (Å²) >= 11 is 0. The van der Waals surface area contributed by atoms with Gasteiger partial charge in [-0.25, -0.2) is 0 Å². The summed E-state index contributed by atoms with van der Waals surface area (Å²) in [7, 11) is 0. The summed E-state index contributed by atoms with van der Waals surface area (Å²) in [5, 5.41) is 3.00. The van der Waals surface area contributed by atoms with Gasteiger partial charge in [-0.2, -0.15) is 0 Å². The molecule has 1 amide bonds. The number of carbonyl (C=O) groups is 1. The molecular formula is C9H16N2O. The minimum Gasteiger partial charge on any atom is -0.342 e. The summed E-state index contributed by atoms with van der Waals surface area (Å²) < 4.78 is 0. The predicted molar refractivity (Wildman–Crippen MR) is 48.9 cm³/mol. The SMILES string of the molecule is C=CCNCC(=O)N1CCCC1. The Balaban J connectivity index is 2.14. The maximum atomic E-state index is 11.3. The zero-order valence-electron chi connectivity index (χ0n) is 7.38. The smallest absolute Gasteiger partial charge is 0.236 e. The molecule has 68 valence electrons. The fourth-order valence-electron chi connectivity index (χ4n) is 1.36. The third kappa shape index (κ3) is 2.66. The lowest BCUT2D eigenvalue weighted by atomic mass is 10.4. The number of nitrogens with one attached hydrogen (secondary N) is 1. The molecule has 0 spiro atoms. The van der Waals surface area contributed by atoms with Crippen LogP contribution >= 0.6 is 0 Å². The molecule has 0 atom stereocenters. The Bertz CT molecular complexity index is 162. The van der Waals surface area contributed by atoms with Gasteiger partial charge < -0.3 is 10.2 Å². The summed E-state index contributed by atoms with van der Waals surface area (Å²) in [6.07, 6.45) is 4.08. The molecule has 0 radical (unpaired) electrons. The van der Waals surface area contributed by atoms with E-state index in [9.17, 15) is 4.79 Å². The number of rotatable bonds is 4. The lowest BCUT2D eigenvalue weighted by molar-refractivity contribution is -0.129. The van der Waals surface area contributed by atoms with E-state index in [4.69, 9.17) is 0 Å². The van der Waals surface area contributed by atoms with Crippen molar-refractivity contribution in [2.75, 3.05) is 26.2 Å². The van der Waals surface area contributed by atoms with Crippen molar-refractivity contribution in [2.24, 2.45) is 0 Å². The summed E-state index contributed by atoms with van der Waals surface area (Å²) in [4.78, 5) is 13.3. The van der Waals surface area contributed by atoms with Crippen LogP contribution in [0.4, 0.5) is 0 Å². The highest BCUT2D eigenvalue weighted by Gasteiger charge is 2.16. The van der Waals surface area contributed by atoms with E-state index in [2.05, 4.69) is 11.9 Å². The molecule has 12 heavy (non-hydrogen) atoms. The summed E-state index contributed by atoms with van der Waals surface area (Å²) in [6.45, 7) is 6.60. The third-order valence-electron chi connectivity index (χ3n) is 2.02. The number of hydrogen-bond acceptors (Lipinski definition) is 2. The molecule has 1 rings (SSSR count). The minimum absolute atomic E-state index is 0.217. The van der Waals surface area contributed by atoms with Crippen LogP contribution in [-0.4, -0.2) is 37.0 Å². The molecule has 1 aliphatic heterocycles. The number of carbonyl (C=O) groups excluding carboxylic acids is 1. The molecule has 0 aromatic heterocycles. The Kier molecular flexibility index (Phi) is 3.80. The Morgan fingerprint density at radius 1 is 1.50 bits per heavy atom. The van der Waals surface area contributed by atoms with Gasteiger partial charge in [0.25, 0.3) is 0 Å². The molecule has 0 unspecified atom stereocenters. The number of amides is 1. The van der Waals surface area contributed by atoms with E-state index in [1.807, 2.05) is 4.90 Å². The van der Waals surface area contributed by atoms with E-state index < -0.39 is 0 Å². The fraction of sp³-hybridized carbons (Fsp3) is 0.667. The lowest BCUT2D eigenvalue weighted by Gasteiger charge is -2.14. The quantitative estimate of drug-likeness (QED) is 0.486. The first-order chi connectivity index (χ1) is 5.84. The van der Waals surface area contributed by atoms with Gasteiger partial charge in [0.15, 0.2) is 0 Å². The van der Waals surface area contributed by atoms with Crippen LogP contribution in [0.15, 0.2) is 12.7 Å². The van der Waals surface area contributed by atoms with E-state index >= 15 is 0 Å². The average molecular weight is 168 g/mol. The van der Waals surface area contributed by atoms with Gasteiger partial charge in [0.05, 0.1) is 6.54 Å². The van der Waals surface area contributed by atoms with E-state index in [0.29, 0.717) is 13.1 Å². The van der Waals surface area contributed by atoms with Crippen molar-refractivity contribution in [3.63, 3.8) is 0 Å². The zero-order chi connectivity index (χ0) is 8.81. The predicted octanol–water partition coefficient (Wildman–Crippen LogP) is 0.384. The second-order valence-corrected chi connectivity index (χ2v) is 3.01. The van der Waals surface area contributed by atoms with Crippen molar-refractivity contribution >= 4 is 5.91 Å². The van der Waals surface area contributed by atoms with Crippen LogP contribution in [0.3, 0.4) is 0 Å². The van der Waals surface area contributed by atoms with E-state index in [0.717, 1.165) is 25.9 Å². The summed E-state index contributed by atoms with van der Waals surface area (Å²) in [5.41, 5.74) is 0. The molecule has 1 aliphatic rings. The van der Waals surface area contributed by atoms with Crippen molar-refractivity contribution in [2.45, 2.75) is 12.8 Å². The molecule has 0 aromatic carbocycles. The highest BCUT2D eigenvalue weighted by atomic mass is 16.2. The molecule has 0 aliphatic carbocycles. The Morgan fingerprint density at radius 3 is 2.75 bits per heavy atom. The second kappa shape index (κ2) is 4.93. The first-order valence-electron chi connectivity index (χ1n) is 4.44. The van der Waals surface area contributed by atoms with Crippen molar-refractivity contribution in [3.05, 3.63) is 12.7 Å². The van der Waals surface area contributed by atoms with E-state index in [1.54, 1.807) is 6.08 Å². The highest BCUT2D eigenvalue weighted by molar-refractivity contribution is 5.78. The van der Waals surface area contributed by atoms with Crippen molar-refractivity contribution in [3.8, 4) is 0 Å². The van der Waals surface area contributed by atoms with Crippen LogP contribution in [0, 0.1) is 0 Å². The van der Waals surface area contributed by atoms with Gasteiger partial charge in [-0.3, -0.25) is 4.79 Å². The first-order valence-corrected chi connectivity index (χ1v) is 4.44. The molecule has 0 aromatic rings. The van der Waals surface area contributed by atoms with Crippen molar-refractivity contribution in [1.82, 2.24) is 10.2 Å². The van der Waals surface area contributed by atoms with Crippen LogP contribution in [0.25, 0.3) is 0 Å². The van der Waals surface area contributed by atoms with Gasteiger partial charge >= 0.3 is 0 Å². The molecule has 3 heteroatoms. The maximum Gasteiger partial charge on any atom is 0.236 e. The van der Waals surface area contributed by atoms with Gasteiger partial charge in [-0.15, -0.1) is 6.58 Å². The average Bonchev–Trinajstić information content (AvgIpc) is 2.56. The topological polar surface area (TPSA) is 32.3 Å². The third-order valence-corrected chi connectivity index (χ3v) is 2.02. The van der Waals surface area contributed by atoms with Crippen LogP contribution in [0.1, 0.15) is 12.8 Å². The highest BCUT2D eigenvalue weighted by Crippen LogP contribution is 2.06. The first kappa shape index (κ1) is 9.26. The number of hydrogen-bond donors (Lipinski definition) is 1. The molecule has 0 bridgehead atoms. The molecular weight excluding hydrogens is 152 g/mol. The fourth-order valence-corrected chi connectivity index (χ4v) is 1.36. The molecule has 1 saturated heterocycles. The maximum absolute atomic E-state index is 11.3. The van der Waals surface area contributed by atoms with E-state index in [-0.39, 0.29) is 5.91 Å². The Hall–Kier alpha value is -0.830. The number of nitrogens with zero attached hydrogens (tertiary/aromatic N) is 1. The van der Waals surface area contributed by atoms with Gasteiger partial charge in [0.2, 0.25) is 5.91 Å². The summed E-state index contributed by atoms with van der Waals surface area (Å²) in [6, 6.07) is 0. The molecule has 0 saturated carbocycles. The van der Waals surface area contributed by atoms with Crippen LogP contribution in [0.2, 0.25) is 0 Å². The van der Waals surface area contributed by atoms with Crippen molar-refractivity contribution in [1.29, 1.82) is 0 Å². The van der Waals surface area contributed by atoms with Gasteiger partial charge in [-0.1, -0.05) is 6.08 Å². The monoisotopic (exact) mass is 168 g/mol. The van der Waals surface area contributed by atoms with Gasteiger partial charge in [-0.05, 0) is 12.8 Å². The lowest BCUT2D eigenvalue weighted by Crippen LogP contribution is -2.36. The molecule has 1 heterocycles. The van der Waals surface area contributed by atoms with E-state index in [1.165, 1.54) is 0 Å². The van der Waals surface area contributed by atoms with Crippen LogP contribution in [0.5, 0.6) is 0 Å². The normalized spacial score (nSPS) is 16.5. The molecule has 3 nitrogen and oxygen atoms in total. The van der Waals surface area contributed by atoms with Gasteiger partial charge in [0.1, 0.15) is 0 Å². The minimum atomic E-state index is 0.217. The molecule has 1 N–H and O–H groups in total. The summed E-state index contributed by atoms with van der Waals surface area (Å²) in [5.74, 6) is 0.217. The van der Waals surface area contributed by atoms with Crippen LogP contribution in [-0.2, 0) is 4.79 Å². The Labute approximate surface area is 73.4 Å². The zero-order valence-corrected chi connectivity index (χ0v) is 7.38. The Morgan fingerprint density at radius 2 is 2.17 bits per heavy atom. The molecule has 1 fully saturated rings. The van der Waals surface area contributed by atoms with Crippen molar-refractivity contribution < 1.29 is 4.79 Å². The van der Waals surface area contributed by atoms with Crippen LogP contribution < -0.4 is 5.32 Å².